The minimum absolute atomic E-state index is 0.0285. The van der Waals surface area contributed by atoms with Crippen LogP contribution in [0.4, 0.5) is 0 Å². The first-order valence-electron chi connectivity index (χ1n) is 16.9. The number of nitrogens with zero attached hydrogens (tertiary/aromatic N) is 2. The van der Waals surface area contributed by atoms with Crippen molar-refractivity contribution in [2.75, 3.05) is 0 Å². The summed E-state index contributed by atoms with van der Waals surface area (Å²) in [6, 6.07) is 33.1. The van der Waals surface area contributed by atoms with Crippen LogP contribution in [0.1, 0.15) is 77.8 Å². The molecule has 252 valence electrons. The van der Waals surface area contributed by atoms with Crippen molar-refractivity contribution < 1.29 is 19.1 Å². The third-order valence-electron chi connectivity index (χ3n) is 8.23. The molecular formula is C41H43N3O4S. The van der Waals surface area contributed by atoms with E-state index in [0.717, 1.165) is 39.4 Å². The summed E-state index contributed by atoms with van der Waals surface area (Å²) in [6.45, 7) is 4.81. The normalized spacial score (nSPS) is 10.8. The largest absolute Gasteiger partial charge is 0.427 e. The number of hydrogen-bond donors (Lipinski definition) is 1. The van der Waals surface area contributed by atoms with E-state index in [1.54, 1.807) is 12.1 Å². The highest BCUT2D eigenvalue weighted by atomic mass is 32.1. The SMILES string of the molecule is CCCCCc1ccc(CNC(=O)c2ccc(-c3nc(CN(Cc4ccc(OC(C)=O)cc4)C(=O)CCc4ccccc4)cs3)cc2)cc1. The molecule has 0 saturated carbocycles. The molecule has 5 aromatic rings. The van der Waals surface area contributed by atoms with Crippen molar-refractivity contribution in [1.29, 1.82) is 0 Å². The number of benzene rings is 4. The smallest absolute Gasteiger partial charge is 0.308 e. The van der Waals surface area contributed by atoms with Gasteiger partial charge in [-0.15, -0.1) is 11.3 Å². The van der Waals surface area contributed by atoms with Gasteiger partial charge in [-0.25, -0.2) is 4.98 Å². The number of unbranched alkanes of at least 4 members (excludes halogenated alkanes) is 2. The molecule has 0 radical (unpaired) electrons. The molecule has 2 amide bonds. The van der Waals surface area contributed by atoms with Gasteiger partial charge >= 0.3 is 5.97 Å². The Morgan fingerprint density at radius 2 is 1.43 bits per heavy atom. The molecule has 1 N–H and O–H groups in total. The molecule has 0 atom stereocenters. The molecule has 0 aliphatic carbocycles. The first-order valence-corrected chi connectivity index (χ1v) is 17.7. The van der Waals surface area contributed by atoms with Crippen LogP contribution in [-0.2, 0) is 42.1 Å². The predicted molar refractivity (Wildman–Crippen MR) is 195 cm³/mol. The van der Waals surface area contributed by atoms with E-state index in [9.17, 15) is 14.4 Å². The second-order valence-corrected chi connectivity index (χ2v) is 13.0. The lowest BCUT2D eigenvalue weighted by Crippen LogP contribution is -2.30. The highest BCUT2D eigenvalue weighted by Gasteiger charge is 2.18. The molecule has 0 bridgehead atoms. The summed E-state index contributed by atoms with van der Waals surface area (Å²) in [7, 11) is 0. The zero-order valence-corrected chi connectivity index (χ0v) is 29.0. The number of thiazole rings is 1. The number of nitrogens with one attached hydrogen (secondary N) is 1. The van der Waals surface area contributed by atoms with Crippen molar-refractivity contribution in [2.24, 2.45) is 0 Å². The van der Waals surface area contributed by atoms with Gasteiger partial charge in [-0.2, -0.15) is 0 Å². The van der Waals surface area contributed by atoms with Crippen molar-refractivity contribution in [3.05, 3.63) is 142 Å². The quantitative estimate of drug-likeness (QED) is 0.0644. The van der Waals surface area contributed by atoms with E-state index >= 15 is 0 Å². The van der Waals surface area contributed by atoms with Crippen molar-refractivity contribution in [2.45, 2.75) is 72.0 Å². The van der Waals surface area contributed by atoms with Crippen LogP contribution in [0, 0.1) is 0 Å². The van der Waals surface area contributed by atoms with Crippen molar-refractivity contribution >= 4 is 29.1 Å². The Kier molecular flexibility index (Phi) is 12.9. The van der Waals surface area contributed by atoms with Gasteiger partial charge in [-0.1, -0.05) is 98.6 Å². The number of esters is 1. The lowest BCUT2D eigenvalue weighted by atomic mass is 10.1. The summed E-state index contributed by atoms with van der Waals surface area (Å²) in [5.41, 5.74) is 6.74. The molecule has 7 nitrogen and oxygen atoms in total. The van der Waals surface area contributed by atoms with Crippen LogP contribution in [0.3, 0.4) is 0 Å². The number of carbonyl (C=O) groups is 3. The Hall–Kier alpha value is -5.08. The van der Waals surface area contributed by atoms with E-state index < -0.39 is 0 Å². The number of hydrogen-bond acceptors (Lipinski definition) is 6. The van der Waals surface area contributed by atoms with Gasteiger partial charge < -0.3 is 15.0 Å². The van der Waals surface area contributed by atoms with Gasteiger partial charge in [-0.3, -0.25) is 14.4 Å². The number of rotatable bonds is 16. The zero-order chi connectivity index (χ0) is 34.4. The number of aryl methyl sites for hydroxylation is 2. The molecule has 5 rings (SSSR count). The van der Waals surface area contributed by atoms with Crippen molar-refractivity contribution in [3.8, 4) is 16.3 Å². The Morgan fingerprint density at radius 1 is 0.755 bits per heavy atom. The maximum atomic E-state index is 13.5. The lowest BCUT2D eigenvalue weighted by Gasteiger charge is -2.22. The number of carbonyl (C=O) groups excluding carboxylic acids is 3. The van der Waals surface area contributed by atoms with E-state index in [1.165, 1.54) is 43.1 Å². The molecule has 0 spiro atoms. The fourth-order valence-corrected chi connectivity index (χ4v) is 6.31. The maximum absolute atomic E-state index is 13.5. The third kappa shape index (κ3) is 11.0. The van der Waals surface area contributed by atoms with Gasteiger partial charge in [0.2, 0.25) is 5.91 Å². The van der Waals surface area contributed by atoms with Crippen LogP contribution in [0.25, 0.3) is 10.6 Å². The summed E-state index contributed by atoms with van der Waals surface area (Å²) in [5, 5.41) is 5.82. The summed E-state index contributed by atoms with van der Waals surface area (Å²) in [5.74, 6) is -0.00423. The number of ether oxygens (including phenoxy) is 1. The van der Waals surface area contributed by atoms with Crippen LogP contribution in [0.15, 0.2) is 109 Å². The first-order chi connectivity index (χ1) is 23.9. The third-order valence-corrected chi connectivity index (χ3v) is 9.17. The van der Waals surface area contributed by atoms with Crippen LogP contribution in [0.2, 0.25) is 0 Å². The standard InChI is InChI=1S/C41H43N3O4S/c1-3-4-6-9-32-12-14-33(15-13-32)26-42-40(47)35-19-21-36(22-20-35)41-43-37(29-49-41)28-44(39(46)25-18-31-10-7-5-8-11-31)27-34-16-23-38(24-17-34)48-30(2)45/h5,7-8,10-17,19-24,29H,3-4,6,9,18,25-28H2,1-2H3,(H,42,47). The fraction of sp³-hybridized carbons (Fsp3) is 0.268. The summed E-state index contributed by atoms with van der Waals surface area (Å²) in [4.78, 5) is 44.4. The second-order valence-electron chi connectivity index (χ2n) is 12.2. The Balaban J connectivity index is 1.20. The fourth-order valence-electron chi connectivity index (χ4n) is 5.49. The van der Waals surface area contributed by atoms with E-state index in [-0.39, 0.29) is 17.8 Å². The minimum atomic E-state index is -0.378. The Morgan fingerprint density at radius 3 is 2.12 bits per heavy atom. The molecule has 0 saturated heterocycles. The molecule has 1 heterocycles. The Bertz CT molecular complexity index is 1800. The van der Waals surface area contributed by atoms with Crippen LogP contribution in [-0.4, -0.2) is 27.7 Å². The van der Waals surface area contributed by atoms with E-state index in [0.29, 0.717) is 43.8 Å². The van der Waals surface area contributed by atoms with Gasteiger partial charge in [0.25, 0.3) is 5.91 Å². The van der Waals surface area contributed by atoms with Gasteiger partial charge in [0.05, 0.1) is 12.2 Å². The van der Waals surface area contributed by atoms with E-state index in [2.05, 4.69) is 36.5 Å². The summed E-state index contributed by atoms with van der Waals surface area (Å²) in [6.07, 6.45) is 5.77. The highest BCUT2D eigenvalue weighted by Crippen LogP contribution is 2.26. The number of amides is 2. The van der Waals surface area contributed by atoms with Crippen LogP contribution in [0.5, 0.6) is 5.75 Å². The summed E-state index contributed by atoms with van der Waals surface area (Å²) >= 11 is 1.51. The molecule has 0 unspecified atom stereocenters. The first kappa shape index (κ1) is 35.2. The second kappa shape index (κ2) is 17.9. The maximum Gasteiger partial charge on any atom is 0.308 e. The molecule has 1 aromatic heterocycles. The van der Waals surface area contributed by atoms with E-state index in [1.807, 2.05) is 77.0 Å². The predicted octanol–water partition coefficient (Wildman–Crippen LogP) is 8.56. The lowest BCUT2D eigenvalue weighted by molar-refractivity contribution is -0.133. The number of aromatic nitrogens is 1. The summed E-state index contributed by atoms with van der Waals surface area (Å²) < 4.78 is 5.17. The van der Waals surface area contributed by atoms with Crippen molar-refractivity contribution in [1.82, 2.24) is 15.2 Å². The van der Waals surface area contributed by atoms with Gasteiger partial charge in [0, 0.05) is 42.9 Å². The van der Waals surface area contributed by atoms with Crippen LogP contribution >= 0.6 is 11.3 Å². The topological polar surface area (TPSA) is 88.6 Å². The average Bonchev–Trinajstić information content (AvgIpc) is 3.59. The molecule has 0 fully saturated rings. The van der Waals surface area contributed by atoms with Gasteiger partial charge in [0.1, 0.15) is 10.8 Å². The molecule has 8 heteroatoms. The molecule has 0 aliphatic rings. The average molecular weight is 674 g/mol. The Labute approximate surface area is 293 Å². The van der Waals surface area contributed by atoms with Gasteiger partial charge in [-0.05, 0) is 65.8 Å². The molecule has 0 aliphatic heterocycles. The van der Waals surface area contributed by atoms with Gasteiger partial charge in [0.15, 0.2) is 0 Å². The van der Waals surface area contributed by atoms with E-state index in [4.69, 9.17) is 9.72 Å². The molecule has 4 aromatic carbocycles. The zero-order valence-electron chi connectivity index (χ0n) is 28.2. The van der Waals surface area contributed by atoms with Crippen molar-refractivity contribution in [3.63, 3.8) is 0 Å². The molecule has 49 heavy (non-hydrogen) atoms. The monoisotopic (exact) mass is 673 g/mol. The molecular weight excluding hydrogens is 631 g/mol. The van der Waals surface area contributed by atoms with Crippen LogP contribution < -0.4 is 10.1 Å². The minimum Gasteiger partial charge on any atom is -0.427 e. The highest BCUT2D eigenvalue weighted by molar-refractivity contribution is 7.13.